The van der Waals surface area contributed by atoms with Crippen molar-refractivity contribution >= 4 is 45.7 Å². The van der Waals surface area contributed by atoms with Gasteiger partial charge in [-0.05, 0) is 44.9 Å². The number of nitrogens with zero attached hydrogens (tertiary/aromatic N) is 2. The summed E-state index contributed by atoms with van der Waals surface area (Å²) in [5, 5.41) is 6.26. The predicted octanol–water partition coefficient (Wildman–Crippen LogP) is 2.42. The zero-order valence-corrected chi connectivity index (χ0v) is 21.0. The van der Waals surface area contributed by atoms with Crippen LogP contribution in [-0.4, -0.2) is 61.9 Å². The van der Waals surface area contributed by atoms with Crippen LogP contribution in [0.5, 0.6) is 0 Å². The molecule has 0 aliphatic carbocycles. The second kappa shape index (κ2) is 10.6. The molecule has 1 aliphatic heterocycles. The molecule has 7 nitrogen and oxygen atoms in total. The molecule has 1 amide bonds. The SMILES string of the molecule is CCC(C)NC(=O)c1cccc(CNC(=NC)N2CCS(=O)(=O)C(C)(C)C2)c1.I. The highest BCUT2D eigenvalue weighted by Gasteiger charge is 2.40. The second-order valence-corrected chi connectivity index (χ2v) is 10.6. The van der Waals surface area contributed by atoms with E-state index in [1.165, 1.54) is 0 Å². The van der Waals surface area contributed by atoms with E-state index in [0.717, 1.165) is 12.0 Å². The standard InChI is InChI=1S/C20H32N4O3S.HI/c1-6-15(2)23-18(25)17-9-7-8-16(12-17)13-22-19(21-5)24-10-11-28(26,27)20(3,4)14-24;/h7-9,12,15H,6,10-11,13-14H2,1-5H3,(H,21,22)(H,23,25);1H. The maximum atomic E-state index is 12.3. The molecule has 1 saturated heterocycles. The Hall–Kier alpha value is -1.36. The van der Waals surface area contributed by atoms with E-state index < -0.39 is 14.6 Å². The van der Waals surface area contributed by atoms with Gasteiger partial charge in [-0.2, -0.15) is 0 Å². The lowest BCUT2D eigenvalue weighted by Crippen LogP contribution is -2.57. The Morgan fingerprint density at radius 3 is 2.62 bits per heavy atom. The maximum Gasteiger partial charge on any atom is 0.251 e. The number of rotatable bonds is 5. The fourth-order valence-corrected chi connectivity index (χ4v) is 4.44. The summed E-state index contributed by atoms with van der Waals surface area (Å²) in [7, 11) is -1.41. The molecule has 1 aromatic rings. The van der Waals surface area contributed by atoms with Crippen molar-refractivity contribution in [2.45, 2.75) is 51.4 Å². The Morgan fingerprint density at radius 1 is 1.34 bits per heavy atom. The van der Waals surface area contributed by atoms with Gasteiger partial charge in [-0.3, -0.25) is 9.79 Å². The minimum absolute atomic E-state index is 0. The lowest BCUT2D eigenvalue weighted by Gasteiger charge is -2.39. The van der Waals surface area contributed by atoms with E-state index in [1.54, 1.807) is 27.0 Å². The van der Waals surface area contributed by atoms with Crippen LogP contribution in [0.3, 0.4) is 0 Å². The van der Waals surface area contributed by atoms with Crippen LogP contribution in [0.25, 0.3) is 0 Å². The average Bonchev–Trinajstić information content (AvgIpc) is 2.65. The highest BCUT2D eigenvalue weighted by Crippen LogP contribution is 2.23. The first-order valence-corrected chi connectivity index (χ1v) is 11.3. The van der Waals surface area contributed by atoms with Crippen LogP contribution in [0.2, 0.25) is 0 Å². The number of hydrogen-bond donors (Lipinski definition) is 2. The van der Waals surface area contributed by atoms with Crippen molar-refractivity contribution in [3.8, 4) is 0 Å². The summed E-state index contributed by atoms with van der Waals surface area (Å²) >= 11 is 0. The Balaban J connectivity index is 0.00000420. The smallest absolute Gasteiger partial charge is 0.251 e. The fraction of sp³-hybridized carbons (Fsp3) is 0.600. The molecule has 164 valence electrons. The number of nitrogens with one attached hydrogen (secondary N) is 2. The number of sulfone groups is 1. The van der Waals surface area contributed by atoms with E-state index in [1.807, 2.05) is 36.9 Å². The van der Waals surface area contributed by atoms with Gasteiger partial charge in [0.05, 0.1) is 10.5 Å². The van der Waals surface area contributed by atoms with Crippen molar-refractivity contribution in [2.75, 3.05) is 25.9 Å². The lowest BCUT2D eigenvalue weighted by atomic mass is 10.1. The molecule has 9 heteroatoms. The van der Waals surface area contributed by atoms with Crippen LogP contribution in [0.1, 0.15) is 50.0 Å². The third-order valence-corrected chi connectivity index (χ3v) is 7.72. The van der Waals surface area contributed by atoms with Gasteiger partial charge in [-0.25, -0.2) is 8.42 Å². The maximum absolute atomic E-state index is 12.3. The molecule has 0 saturated carbocycles. The van der Waals surface area contributed by atoms with E-state index in [-0.39, 0.29) is 41.7 Å². The summed E-state index contributed by atoms with van der Waals surface area (Å²) in [5.41, 5.74) is 1.58. The highest BCUT2D eigenvalue weighted by molar-refractivity contribution is 14.0. The molecule has 29 heavy (non-hydrogen) atoms. The number of benzene rings is 1. The lowest BCUT2D eigenvalue weighted by molar-refractivity contribution is 0.0939. The number of carbonyl (C=O) groups is 1. The number of amides is 1. The zero-order chi connectivity index (χ0) is 20.9. The van der Waals surface area contributed by atoms with Gasteiger partial charge in [0.25, 0.3) is 5.91 Å². The van der Waals surface area contributed by atoms with Crippen molar-refractivity contribution in [2.24, 2.45) is 4.99 Å². The van der Waals surface area contributed by atoms with Gasteiger partial charge in [0.1, 0.15) is 0 Å². The van der Waals surface area contributed by atoms with Crippen molar-refractivity contribution in [3.05, 3.63) is 35.4 Å². The number of aliphatic imine (C=N–C) groups is 1. The van der Waals surface area contributed by atoms with E-state index >= 15 is 0 Å². The monoisotopic (exact) mass is 536 g/mol. The first kappa shape index (κ1) is 25.7. The molecular weight excluding hydrogens is 503 g/mol. The molecule has 1 heterocycles. The van der Waals surface area contributed by atoms with Crippen molar-refractivity contribution in [3.63, 3.8) is 0 Å². The van der Waals surface area contributed by atoms with Crippen LogP contribution in [0.15, 0.2) is 29.3 Å². The number of carbonyl (C=O) groups excluding carboxylic acids is 1. The van der Waals surface area contributed by atoms with Gasteiger partial charge >= 0.3 is 0 Å². The minimum atomic E-state index is -3.10. The summed E-state index contributed by atoms with van der Waals surface area (Å²) in [5.74, 6) is 0.701. The van der Waals surface area contributed by atoms with E-state index in [4.69, 9.17) is 0 Å². The van der Waals surface area contributed by atoms with Crippen LogP contribution < -0.4 is 10.6 Å². The Morgan fingerprint density at radius 2 is 2.03 bits per heavy atom. The van der Waals surface area contributed by atoms with Crippen molar-refractivity contribution in [1.82, 2.24) is 15.5 Å². The summed E-state index contributed by atoms with van der Waals surface area (Å²) < 4.78 is 23.6. The molecule has 2 N–H and O–H groups in total. The summed E-state index contributed by atoms with van der Waals surface area (Å²) in [6.45, 7) is 8.83. The normalized spacial score (nSPS) is 19.1. The molecule has 0 aromatic heterocycles. The Kier molecular flexibility index (Phi) is 9.39. The Labute approximate surface area is 191 Å². The van der Waals surface area contributed by atoms with Gasteiger partial charge in [-0.15, -0.1) is 24.0 Å². The predicted molar refractivity (Wildman–Crippen MR) is 129 cm³/mol. The molecule has 1 atom stereocenters. The van der Waals surface area contributed by atoms with Crippen LogP contribution >= 0.6 is 24.0 Å². The summed E-state index contributed by atoms with van der Waals surface area (Å²) in [6.07, 6.45) is 0.880. The zero-order valence-electron chi connectivity index (χ0n) is 17.9. The third kappa shape index (κ3) is 6.56. The molecule has 0 spiro atoms. The molecule has 1 aliphatic rings. The molecule has 0 bridgehead atoms. The highest BCUT2D eigenvalue weighted by atomic mass is 127. The summed E-state index contributed by atoms with van der Waals surface area (Å²) in [6, 6.07) is 7.61. The molecule has 0 radical (unpaired) electrons. The molecule has 2 rings (SSSR count). The Bertz CT molecular complexity index is 840. The number of guanidine groups is 1. The molecule has 1 aromatic carbocycles. The topological polar surface area (TPSA) is 90.9 Å². The van der Waals surface area contributed by atoms with Crippen molar-refractivity contribution in [1.29, 1.82) is 0 Å². The molecular formula is C20H33IN4O3S. The number of halogens is 1. The van der Waals surface area contributed by atoms with Crippen LogP contribution in [0, 0.1) is 0 Å². The average molecular weight is 536 g/mol. The largest absolute Gasteiger partial charge is 0.352 e. The van der Waals surface area contributed by atoms with Gasteiger partial charge < -0.3 is 15.5 Å². The van der Waals surface area contributed by atoms with Gasteiger partial charge in [0.2, 0.25) is 0 Å². The first-order chi connectivity index (χ1) is 13.1. The van der Waals surface area contributed by atoms with E-state index in [2.05, 4.69) is 15.6 Å². The minimum Gasteiger partial charge on any atom is -0.352 e. The third-order valence-electron chi connectivity index (χ3n) is 5.18. The van der Waals surface area contributed by atoms with E-state index in [9.17, 15) is 13.2 Å². The van der Waals surface area contributed by atoms with Gasteiger partial charge in [0, 0.05) is 38.3 Å². The van der Waals surface area contributed by atoms with Crippen LogP contribution in [-0.2, 0) is 16.4 Å². The van der Waals surface area contributed by atoms with Gasteiger partial charge in [0.15, 0.2) is 15.8 Å². The number of hydrogen-bond acceptors (Lipinski definition) is 4. The molecule has 1 fully saturated rings. The van der Waals surface area contributed by atoms with Crippen LogP contribution in [0.4, 0.5) is 0 Å². The van der Waals surface area contributed by atoms with Crippen molar-refractivity contribution < 1.29 is 13.2 Å². The first-order valence-electron chi connectivity index (χ1n) is 9.67. The van der Waals surface area contributed by atoms with E-state index in [0.29, 0.717) is 31.2 Å². The second-order valence-electron chi connectivity index (χ2n) is 7.88. The fourth-order valence-electron chi connectivity index (χ4n) is 3.07. The summed E-state index contributed by atoms with van der Waals surface area (Å²) in [4.78, 5) is 18.6. The molecule has 1 unspecified atom stereocenters. The van der Waals surface area contributed by atoms with Gasteiger partial charge in [-0.1, -0.05) is 19.1 Å². The quantitative estimate of drug-likeness (QED) is 0.343.